The molecule has 0 aliphatic rings. The van der Waals surface area contributed by atoms with E-state index in [2.05, 4.69) is 59.1 Å². The first-order valence-electron chi connectivity index (χ1n) is 9.67. The van der Waals surface area contributed by atoms with Gasteiger partial charge < -0.3 is 10.1 Å². The molecule has 1 N–H and O–H groups in total. The van der Waals surface area contributed by atoms with Crippen molar-refractivity contribution in [3.05, 3.63) is 65.0 Å². The maximum Gasteiger partial charge on any atom is 0.251 e. The van der Waals surface area contributed by atoms with Crippen LogP contribution in [0.1, 0.15) is 41.2 Å². The summed E-state index contributed by atoms with van der Waals surface area (Å²) in [6.45, 7) is 6.61. The van der Waals surface area contributed by atoms with Gasteiger partial charge in [-0.1, -0.05) is 43.8 Å². The second-order valence-electron chi connectivity index (χ2n) is 6.51. The van der Waals surface area contributed by atoms with Gasteiger partial charge in [-0.05, 0) is 54.5 Å². The van der Waals surface area contributed by atoms with E-state index in [-0.39, 0.29) is 5.91 Å². The Morgan fingerprint density at radius 2 is 1.90 bits per heavy atom. The average Bonchev–Trinajstić information content (AvgIpc) is 3.14. The van der Waals surface area contributed by atoms with Crippen molar-refractivity contribution in [2.24, 2.45) is 0 Å². The third kappa shape index (κ3) is 4.62. The van der Waals surface area contributed by atoms with Gasteiger partial charge in [-0.25, -0.2) is 0 Å². The van der Waals surface area contributed by atoms with Crippen LogP contribution in [0.3, 0.4) is 0 Å². The molecule has 0 aliphatic carbocycles. The third-order valence-electron chi connectivity index (χ3n) is 4.66. The Hall–Kier alpha value is -2.80. The molecule has 7 heteroatoms. The molecule has 152 valence electrons. The number of ether oxygens (including phenoxy) is 1. The number of amides is 1. The number of aromatic nitrogens is 3. The van der Waals surface area contributed by atoms with Crippen LogP contribution in [0.15, 0.2) is 47.6 Å². The van der Waals surface area contributed by atoms with Gasteiger partial charge in [0.25, 0.3) is 5.91 Å². The zero-order chi connectivity index (χ0) is 20.8. The lowest BCUT2D eigenvalue weighted by Gasteiger charge is -2.16. The topological polar surface area (TPSA) is 69.0 Å². The average molecular weight is 411 g/mol. The summed E-state index contributed by atoms with van der Waals surface area (Å²) in [5, 5.41) is 12.6. The molecule has 0 atom stereocenters. The smallest absolute Gasteiger partial charge is 0.251 e. The number of carbonyl (C=O) groups is 1. The van der Waals surface area contributed by atoms with Crippen LogP contribution < -0.4 is 10.1 Å². The van der Waals surface area contributed by atoms with Crippen LogP contribution in [0.25, 0.3) is 5.69 Å². The summed E-state index contributed by atoms with van der Waals surface area (Å²) >= 11 is 1.64. The molecular weight excluding hydrogens is 384 g/mol. The van der Waals surface area contributed by atoms with Crippen LogP contribution in [0.4, 0.5) is 0 Å². The SMILES string of the molecule is CCSc1nnc(CNC(=O)c2ccc(OC)cc2)n1-c1c(C)cccc1CC. The maximum absolute atomic E-state index is 12.6. The number of para-hydroxylation sites is 1. The standard InChI is InChI=1S/C22H26N4O2S/c1-5-16-9-7-8-15(3)20(16)26-19(24-25-22(26)29-6-2)14-23-21(27)17-10-12-18(28-4)13-11-17/h7-13H,5-6,14H2,1-4H3,(H,23,27). The third-order valence-corrected chi connectivity index (χ3v) is 5.47. The summed E-state index contributed by atoms with van der Waals surface area (Å²) in [6, 6.07) is 13.3. The van der Waals surface area contributed by atoms with E-state index in [1.54, 1.807) is 43.1 Å². The molecule has 3 aromatic rings. The molecule has 0 aliphatic heterocycles. The lowest BCUT2D eigenvalue weighted by atomic mass is 10.1. The molecule has 0 fully saturated rings. The minimum atomic E-state index is -0.160. The van der Waals surface area contributed by atoms with E-state index >= 15 is 0 Å². The van der Waals surface area contributed by atoms with Crippen LogP contribution in [0.2, 0.25) is 0 Å². The Morgan fingerprint density at radius 3 is 2.55 bits per heavy atom. The molecule has 3 rings (SSSR count). The quantitative estimate of drug-likeness (QED) is 0.564. The van der Waals surface area contributed by atoms with Gasteiger partial charge in [0.05, 0.1) is 19.3 Å². The molecule has 0 saturated carbocycles. The molecule has 0 radical (unpaired) electrons. The zero-order valence-electron chi connectivity index (χ0n) is 17.2. The fourth-order valence-electron chi connectivity index (χ4n) is 3.19. The number of hydrogen-bond acceptors (Lipinski definition) is 5. The molecule has 2 aromatic carbocycles. The van der Waals surface area contributed by atoms with Crippen molar-refractivity contribution >= 4 is 17.7 Å². The van der Waals surface area contributed by atoms with Crippen LogP contribution in [0, 0.1) is 6.92 Å². The molecular formula is C22H26N4O2S. The van der Waals surface area contributed by atoms with Gasteiger partial charge >= 0.3 is 0 Å². The molecule has 6 nitrogen and oxygen atoms in total. The Bertz CT molecular complexity index is 983. The van der Waals surface area contributed by atoms with E-state index in [9.17, 15) is 4.79 Å². The van der Waals surface area contributed by atoms with Gasteiger partial charge in [0.15, 0.2) is 11.0 Å². The monoisotopic (exact) mass is 410 g/mol. The van der Waals surface area contributed by atoms with Crippen molar-refractivity contribution in [3.8, 4) is 11.4 Å². The lowest BCUT2D eigenvalue weighted by molar-refractivity contribution is 0.0949. The number of nitrogens with one attached hydrogen (secondary N) is 1. The zero-order valence-corrected chi connectivity index (χ0v) is 18.0. The molecule has 0 unspecified atom stereocenters. The molecule has 0 bridgehead atoms. The van der Waals surface area contributed by atoms with E-state index in [4.69, 9.17) is 4.74 Å². The number of methoxy groups -OCH3 is 1. The second kappa shape index (κ2) is 9.60. The van der Waals surface area contributed by atoms with E-state index in [0.717, 1.165) is 28.6 Å². The highest BCUT2D eigenvalue weighted by Gasteiger charge is 2.18. The summed E-state index contributed by atoms with van der Waals surface area (Å²) in [6.07, 6.45) is 0.906. The lowest BCUT2D eigenvalue weighted by Crippen LogP contribution is -2.25. The first-order chi connectivity index (χ1) is 14.1. The van der Waals surface area contributed by atoms with E-state index in [1.165, 1.54) is 5.56 Å². The number of aryl methyl sites for hydroxylation is 2. The summed E-state index contributed by atoms with van der Waals surface area (Å²) in [7, 11) is 1.60. The van der Waals surface area contributed by atoms with Crippen molar-refractivity contribution in [3.63, 3.8) is 0 Å². The summed E-state index contributed by atoms with van der Waals surface area (Å²) in [5.41, 5.74) is 4.06. The number of benzene rings is 2. The highest BCUT2D eigenvalue weighted by atomic mass is 32.2. The van der Waals surface area contributed by atoms with Crippen LogP contribution in [-0.4, -0.2) is 33.5 Å². The highest BCUT2D eigenvalue weighted by molar-refractivity contribution is 7.99. The Morgan fingerprint density at radius 1 is 1.14 bits per heavy atom. The van der Waals surface area contributed by atoms with Crippen LogP contribution in [0.5, 0.6) is 5.75 Å². The molecule has 1 amide bonds. The molecule has 1 aromatic heterocycles. The van der Waals surface area contributed by atoms with Crippen molar-refractivity contribution in [2.75, 3.05) is 12.9 Å². The maximum atomic E-state index is 12.6. The van der Waals surface area contributed by atoms with Gasteiger partial charge in [0.2, 0.25) is 0 Å². The van der Waals surface area contributed by atoms with Gasteiger partial charge in [0.1, 0.15) is 5.75 Å². The van der Waals surface area contributed by atoms with Crippen molar-refractivity contribution in [2.45, 2.75) is 38.9 Å². The predicted molar refractivity (Wildman–Crippen MR) is 116 cm³/mol. The summed E-state index contributed by atoms with van der Waals surface area (Å²) < 4.78 is 7.23. The van der Waals surface area contributed by atoms with Crippen molar-refractivity contribution < 1.29 is 9.53 Å². The Balaban J connectivity index is 1.89. The number of carbonyl (C=O) groups excluding carboxylic acids is 1. The van der Waals surface area contributed by atoms with E-state index < -0.39 is 0 Å². The van der Waals surface area contributed by atoms with Gasteiger partial charge in [-0.3, -0.25) is 9.36 Å². The fourth-order valence-corrected chi connectivity index (χ4v) is 3.87. The normalized spacial score (nSPS) is 10.8. The Kier molecular flexibility index (Phi) is 6.93. The number of nitrogens with zero attached hydrogens (tertiary/aromatic N) is 3. The number of thioether (sulfide) groups is 1. The molecule has 0 spiro atoms. The van der Waals surface area contributed by atoms with Gasteiger partial charge in [0, 0.05) is 5.56 Å². The summed E-state index contributed by atoms with van der Waals surface area (Å²) in [5.74, 6) is 2.16. The van der Waals surface area contributed by atoms with Crippen LogP contribution in [-0.2, 0) is 13.0 Å². The van der Waals surface area contributed by atoms with Crippen molar-refractivity contribution in [1.29, 1.82) is 0 Å². The van der Waals surface area contributed by atoms with Crippen molar-refractivity contribution in [1.82, 2.24) is 20.1 Å². The minimum Gasteiger partial charge on any atom is -0.497 e. The number of hydrogen-bond donors (Lipinski definition) is 1. The first-order valence-corrected chi connectivity index (χ1v) is 10.7. The molecule has 1 heterocycles. The van der Waals surface area contributed by atoms with E-state index in [0.29, 0.717) is 23.7 Å². The predicted octanol–water partition coefficient (Wildman–Crippen LogP) is 4.19. The Labute approximate surface area is 175 Å². The largest absolute Gasteiger partial charge is 0.497 e. The summed E-state index contributed by atoms with van der Waals surface area (Å²) in [4.78, 5) is 12.6. The number of rotatable bonds is 8. The molecule has 29 heavy (non-hydrogen) atoms. The fraction of sp³-hybridized carbons (Fsp3) is 0.318. The highest BCUT2D eigenvalue weighted by Crippen LogP contribution is 2.27. The van der Waals surface area contributed by atoms with Gasteiger partial charge in [-0.15, -0.1) is 10.2 Å². The van der Waals surface area contributed by atoms with Gasteiger partial charge in [-0.2, -0.15) is 0 Å². The second-order valence-corrected chi connectivity index (χ2v) is 7.75. The first kappa shape index (κ1) is 20.9. The van der Waals surface area contributed by atoms with E-state index in [1.807, 2.05) is 0 Å². The minimum absolute atomic E-state index is 0.160. The van der Waals surface area contributed by atoms with Crippen LogP contribution >= 0.6 is 11.8 Å². The molecule has 0 saturated heterocycles.